The van der Waals surface area contributed by atoms with E-state index < -0.39 is 0 Å². The minimum absolute atomic E-state index is 0.167. The van der Waals surface area contributed by atoms with Crippen LogP contribution in [-0.4, -0.2) is 27.1 Å². The molecule has 0 unspecified atom stereocenters. The molecule has 2 rings (SSSR count). The number of ether oxygens (including phenoxy) is 3. The molecular formula is C12H16O4. The molecule has 0 aromatic heterocycles. The highest BCUT2D eigenvalue weighted by Gasteiger charge is 2.32. The molecule has 0 saturated heterocycles. The van der Waals surface area contributed by atoms with Crippen molar-refractivity contribution in [2.45, 2.75) is 13.8 Å². The average molecular weight is 224 g/mol. The Bertz CT molecular complexity index is 378. The van der Waals surface area contributed by atoms with E-state index >= 15 is 0 Å². The number of ketones is 1. The van der Waals surface area contributed by atoms with E-state index in [0.29, 0.717) is 5.75 Å². The predicted molar refractivity (Wildman–Crippen MR) is 61.4 cm³/mol. The third-order valence-corrected chi connectivity index (χ3v) is 2.01. The molecule has 0 radical (unpaired) electrons. The van der Waals surface area contributed by atoms with E-state index in [1.165, 1.54) is 13.8 Å². The summed E-state index contributed by atoms with van der Waals surface area (Å²) in [6.45, 7) is 3.06. The highest BCUT2D eigenvalue weighted by Crippen LogP contribution is 2.59. The lowest BCUT2D eigenvalue weighted by molar-refractivity contribution is -0.114. The summed E-state index contributed by atoms with van der Waals surface area (Å²) < 4.78 is 15.5. The molecule has 0 heterocycles. The molecule has 0 amide bonds. The van der Waals surface area contributed by atoms with Gasteiger partial charge in [-0.1, -0.05) is 0 Å². The standard InChI is InChI=1S/C9H10O3.C3H6O/c1-10-7-5-4-6(5)8(11-2)9(7)12-3;1-3(2)4/h4H,1-3H3;1-2H3. The Kier molecular flexibility index (Phi) is 3.77. The first-order valence-corrected chi connectivity index (χ1v) is 4.87. The van der Waals surface area contributed by atoms with Crippen LogP contribution in [0.3, 0.4) is 0 Å². The van der Waals surface area contributed by atoms with Crippen LogP contribution < -0.4 is 14.2 Å². The monoisotopic (exact) mass is 224 g/mol. The van der Waals surface area contributed by atoms with Crippen molar-refractivity contribution >= 4 is 5.78 Å². The molecule has 0 fully saturated rings. The van der Waals surface area contributed by atoms with Gasteiger partial charge in [-0.15, -0.1) is 0 Å². The summed E-state index contributed by atoms with van der Waals surface area (Å²) in [5.41, 5.74) is 2.21. The van der Waals surface area contributed by atoms with Crippen LogP contribution in [0.1, 0.15) is 13.8 Å². The van der Waals surface area contributed by atoms with Gasteiger partial charge in [0.15, 0.2) is 11.5 Å². The van der Waals surface area contributed by atoms with Crippen LogP contribution in [0.2, 0.25) is 0 Å². The van der Waals surface area contributed by atoms with Gasteiger partial charge in [-0.2, -0.15) is 0 Å². The van der Waals surface area contributed by atoms with Gasteiger partial charge in [-0.25, -0.2) is 0 Å². The second-order valence-corrected chi connectivity index (χ2v) is 3.48. The Morgan fingerprint density at radius 1 is 0.875 bits per heavy atom. The van der Waals surface area contributed by atoms with Gasteiger partial charge in [-0.3, -0.25) is 0 Å². The average Bonchev–Trinajstić information content (AvgIpc) is 2.92. The smallest absolute Gasteiger partial charge is 0.204 e. The van der Waals surface area contributed by atoms with Crippen LogP contribution in [0, 0.1) is 0 Å². The van der Waals surface area contributed by atoms with Crippen LogP contribution >= 0.6 is 0 Å². The lowest BCUT2D eigenvalue weighted by atomic mass is 10.4. The highest BCUT2D eigenvalue weighted by atomic mass is 16.5. The number of Topliss-reactive ketones (excluding diaryl/α,β-unsaturated/α-hetero) is 1. The van der Waals surface area contributed by atoms with Gasteiger partial charge in [0.05, 0.1) is 21.3 Å². The molecule has 0 spiro atoms. The first-order valence-electron chi connectivity index (χ1n) is 4.87. The summed E-state index contributed by atoms with van der Waals surface area (Å²) in [6, 6.07) is 2.01. The summed E-state index contributed by atoms with van der Waals surface area (Å²) in [7, 11) is 4.87. The molecule has 0 aromatic rings. The number of hydrogen-bond acceptors (Lipinski definition) is 4. The van der Waals surface area contributed by atoms with Crippen LogP contribution in [0.5, 0.6) is 17.2 Å². The van der Waals surface area contributed by atoms with Crippen molar-refractivity contribution < 1.29 is 19.0 Å². The zero-order valence-corrected chi connectivity index (χ0v) is 10.2. The molecule has 16 heavy (non-hydrogen) atoms. The van der Waals surface area contributed by atoms with Crippen LogP contribution in [0.15, 0.2) is 6.07 Å². The Balaban J connectivity index is 0.000000280. The Morgan fingerprint density at radius 2 is 1.19 bits per heavy atom. The molecule has 2 aliphatic rings. The molecule has 0 bridgehead atoms. The maximum absolute atomic E-state index is 9.44. The fraction of sp³-hybridized carbons (Fsp3) is 0.417. The minimum Gasteiger partial charge on any atom is -0.492 e. The molecule has 4 nitrogen and oxygen atoms in total. The van der Waals surface area contributed by atoms with E-state index in [1.54, 1.807) is 21.3 Å². The van der Waals surface area contributed by atoms with Gasteiger partial charge in [0.2, 0.25) is 5.75 Å². The maximum atomic E-state index is 9.44. The number of carbonyl (C=O) groups excluding carboxylic acids is 1. The second-order valence-electron chi connectivity index (χ2n) is 3.48. The van der Waals surface area contributed by atoms with Gasteiger partial charge in [0.1, 0.15) is 5.78 Å². The van der Waals surface area contributed by atoms with Crippen LogP contribution in [-0.2, 0) is 4.79 Å². The number of carbonyl (C=O) groups is 1. The fourth-order valence-electron chi connectivity index (χ4n) is 1.42. The number of hydrogen-bond donors (Lipinski definition) is 0. The van der Waals surface area contributed by atoms with Crippen molar-refractivity contribution in [1.82, 2.24) is 0 Å². The van der Waals surface area contributed by atoms with E-state index in [9.17, 15) is 4.79 Å². The third kappa shape index (κ3) is 2.27. The van der Waals surface area contributed by atoms with Gasteiger partial charge in [-0.05, 0) is 19.9 Å². The minimum atomic E-state index is 0.167. The van der Waals surface area contributed by atoms with E-state index in [1.807, 2.05) is 6.07 Å². The lowest BCUT2D eigenvalue weighted by Gasteiger charge is -2.04. The molecule has 2 aliphatic carbocycles. The van der Waals surface area contributed by atoms with E-state index in [2.05, 4.69) is 0 Å². The normalized spacial score (nSPS) is 9.81. The molecular weight excluding hydrogens is 208 g/mol. The van der Waals surface area contributed by atoms with Crippen molar-refractivity contribution in [2.24, 2.45) is 0 Å². The van der Waals surface area contributed by atoms with Gasteiger partial charge in [0, 0.05) is 11.1 Å². The zero-order valence-electron chi connectivity index (χ0n) is 10.2. The molecule has 0 atom stereocenters. The molecule has 0 N–H and O–H groups in total. The summed E-state index contributed by atoms with van der Waals surface area (Å²) in [5.74, 6) is 2.43. The number of benzene rings is 1. The van der Waals surface area contributed by atoms with E-state index in [-0.39, 0.29) is 5.78 Å². The van der Waals surface area contributed by atoms with Crippen LogP contribution in [0.25, 0.3) is 11.1 Å². The molecule has 0 aliphatic heterocycles. The Labute approximate surface area is 95.1 Å². The maximum Gasteiger partial charge on any atom is 0.204 e. The molecule has 0 aromatic carbocycles. The lowest BCUT2D eigenvalue weighted by Crippen LogP contribution is -1.89. The van der Waals surface area contributed by atoms with Crippen molar-refractivity contribution in [3.05, 3.63) is 6.07 Å². The molecule has 88 valence electrons. The van der Waals surface area contributed by atoms with Crippen molar-refractivity contribution in [3.63, 3.8) is 0 Å². The Hall–Kier alpha value is -1.71. The SMILES string of the molecule is CC(C)=O.COc1c2cc-2c(OC)c1OC. The number of rotatable bonds is 3. The van der Waals surface area contributed by atoms with Gasteiger partial charge >= 0.3 is 0 Å². The molecule has 0 saturated carbocycles. The number of methoxy groups -OCH3 is 3. The summed E-state index contributed by atoms with van der Waals surface area (Å²) in [6.07, 6.45) is 0. The van der Waals surface area contributed by atoms with Gasteiger partial charge < -0.3 is 19.0 Å². The van der Waals surface area contributed by atoms with Crippen LogP contribution in [0.4, 0.5) is 0 Å². The first-order chi connectivity index (χ1) is 7.56. The van der Waals surface area contributed by atoms with Crippen molar-refractivity contribution in [1.29, 1.82) is 0 Å². The van der Waals surface area contributed by atoms with E-state index in [0.717, 1.165) is 22.6 Å². The first kappa shape index (κ1) is 12.4. The zero-order chi connectivity index (χ0) is 12.3. The van der Waals surface area contributed by atoms with Crippen molar-refractivity contribution in [2.75, 3.05) is 21.3 Å². The van der Waals surface area contributed by atoms with Gasteiger partial charge in [0.25, 0.3) is 0 Å². The number of fused-ring (bicyclic) bond motifs is 1. The Morgan fingerprint density at radius 3 is 1.44 bits per heavy atom. The third-order valence-electron chi connectivity index (χ3n) is 2.01. The largest absolute Gasteiger partial charge is 0.492 e. The fourth-order valence-corrected chi connectivity index (χ4v) is 1.42. The quantitative estimate of drug-likeness (QED) is 0.802. The summed E-state index contributed by atoms with van der Waals surface area (Å²) in [5, 5.41) is 0. The summed E-state index contributed by atoms with van der Waals surface area (Å²) >= 11 is 0. The topological polar surface area (TPSA) is 44.8 Å². The predicted octanol–water partition coefficient (Wildman–Crippen LogP) is 2.29. The highest BCUT2D eigenvalue weighted by molar-refractivity contribution is 5.98. The summed E-state index contributed by atoms with van der Waals surface area (Å²) in [4.78, 5) is 9.44. The van der Waals surface area contributed by atoms with Crippen molar-refractivity contribution in [3.8, 4) is 28.4 Å². The molecule has 4 heteroatoms. The van der Waals surface area contributed by atoms with E-state index in [4.69, 9.17) is 14.2 Å². The second kappa shape index (κ2) is 4.88.